The summed E-state index contributed by atoms with van der Waals surface area (Å²) >= 11 is 0. The standard InChI is InChI=1S/C26H34N2O3/c1-26(2,3)9-8-21-15-24(14-20-6-4-5-7-25(20)21)31-19-23(29)16-27-10-12-28(13-11-27)22-17-30-18-22/h4-7,14-15,22-23,29H,10-13,16-19H2,1-3H3. The molecule has 2 heterocycles. The molecule has 31 heavy (non-hydrogen) atoms. The molecule has 0 spiro atoms. The molecule has 2 aromatic carbocycles. The highest BCUT2D eigenvalue weighted by molar-refractivity contribution is 5.89. The van der Waals surface area contributed by atoms with Crippen molar-refractivity contribution < 1.29 is 14.6 Å². The first-order valence-electron chi connectivity index (χ1n) is 11.3. The van der Waals surface area contributed by atoms with Crippen LogP contribution in [0.5, 0.6) is 5.75 Å². The number of hydrogen-bond donors (Lipinski definition) is 1. The summed E-state index contributed by atoms with van der Waals surface area (Å²) in [6.07, 6.45) is -0.519. The minimum atomic E-state index is -0.519. The molecule has 0 amide bonds. The summed E-state index contributed by atoms with van der Waals surface area (Å²) in [7, 11) is 0. The fourth-order valence-electron chi connectivity index (χ4n) is 4.01. The zero-order chi connectivity index (χ0) is 21.8. The lowest BCUT2D eigenvalue weighted by atomic mass is 9.96. The van der Waals surface area contributed by atoms with Crippen molar-refractivity contribution in [3.05, 3.63) is 42.0 Å². The van der Waals surface area contributed by atoms with Crippen LogP contribution in [0.3, 0.4) is 0 Å². The zero-order valence-corrected chi connectivity index (χ0v) is 18.9. The maximum atomic E-state index is 10.6. The van der Waals surface area contributed by atoms with Gasteiger partial charge in [-0.3, -0.25) is 9.80 Å². The van der Waals surface area contributed by atoms with Gasteiger partial charge < -0.3 is 14.6 Å². The zero-order valence-electron chi connectivity index (χ0n) is 18.9. The summed E-state index contributed by atoms with van der Waals surface area (Å²) in [5.74, 6) is 7.41. The fourth-order valence-corrected chi connectivity index (χ4v) is 4.01. The molecule has 0 aromatic heterocycles. The molecule has 0 aliphatic carbocycles. The Morgan fingerprint density at radius 2 is 1.87 bits per heavy atom. The fraction of sp³-hybridized carbons (Fsp3) is 0.538. The largest absolute Gasteiger partial charge is 0.491 e. The van der Waals surface area contributed by atoms with Gasteiger partial charge in [-0.1, -0.05) is 36.1 Å². The Morgan fingerprint density at radius 3 is 2.55 bits per heavy atom. The summed E-state index contributed by atoms with van der Waals surface area (Å²) in [6, 6.07) is 12.9. The molecule has 0 radical (unpaired) electrons. The number of benzene rings is 2. The molecule has 1 N–H and O–H groups in total. The highest BCUT2D eigenvalue weighted by Gasteiger charge is 2.29. The van der Waals surface area contributed by atoms with Crippen LogP contribution >= 0.6 is 0 Å². The number of piperazine rings is 1. The van der Waals surface area contributed by atoms with Crippen LogP contribution in [0, 0.1) is 17.3 Å². The van der Waals surface area contributed by atoms with Crippen molar-refractivity contribution in [1.29, 1.82) is 0 Å². The average molecular weight is 423 g/mol. The van der Waals surface area contributed by atoms with Crippen molar-refractivity contribution in [1.82, 2.24) is 9.80 Å². The summed E-state index contributed by atoms with van der Waals surface area (Å²) in [6.45, 7) is 13.0. The number of rotatable bonds is 6. The minimum absolute atomic E-state index is 0.0656. The topological polar surface area (TPSA) is 45.2 Å². The van der Waals surface area contributed by atoms with Crippen molar-refractivity contribution in [2.24, 2.45) is 5.41 Å². The normalized spacial score (nSPS) is 19.5. The van der Waals surface area contributed by atoms with E-state index in [4.69, 9.17) is 9.47 Å². The predicted molar refractivity (Wildman–Crippen MR) is 124 cm³/mol. The highest BCUT2D eigenvalue weighted by atomic mass is 16.5. The Balaban J connectivity index is 1.35. The van der Waals surface area contributed by atoms with E-state index >= 15 is 0 Å². The Kier molecular flexibility index (Phi) is 6.83. The molecule has 5 nitrogen and oxygen atoms in total. The molecule has 2 aliphatic heterocycles. The van der Waals surface area contributed by atoms with Gasteiger partial charge in [0.2, 0.25) is 0 Å². The SMILES string of the molecule is CC(C)(C)C#Cc1cc(OCC(O)CN2CCN(C3COC3)CC2)cc2ccccc12. The lowest BCUT2D eigenvalue weighted by molar-refractivity contribution is -0.0793. The second-order valence-corrected chi connectivity index (χ2v) is 9.68. The van der Waals surface area contributed by atoms with Crippen LogP contribution < -0.4 is 4.74 Å². The summed E-state index contributed by atoms with van der Waals surface area (Å²) in [5, 5.41) is 12.8. The van der Waals surface area contributed by atoms with Gasteiger partial charge in [-0.05, 0) is 43.7 Å². The van der Waals surface area contributed by atoms with Crippen LogP contribution in [0.4, 0.5) is 0 Å². The van der Waals surface area contributed by atoms with Gasteiger partial charge in [-0.15, -0.1) is 0 Å². The predicted octanol–water partition coefficient (Wildman–Crippen LogP) is 2.99. The van der Waals surface area contributed by atoms with Crippen LogP contribution in [0.2, 0.25) is 0 Å². The van der Waals surface area contributed by atoms with Gasteiger partial charge in [-0.25, -0.2) is 0 Å². The first-order valence-corrected chi connectivity index (χ1v) is 11.3. The molecule has 2 aliphatic rings. The summed E-state index contributed by atoms with van der Waals surface area (Å²) in [5.41, 5.74) is 0.901. The average Bonchev–Trinajstić information content (AvgIpc) is 2.70. The second kappa shape index (κ2) is 9.58. The lowest BCUT2D eigenvalue weighted by Crippen LogP contribution is -2.57. The monoisotopic (exact) mass is 422 g/mol. The van der Waals surface area contributed by atoms with E-state index in [2.05, 4.69) is 54.5 Å². The molecule has 4 rings (SSSR count). The number of fused-ring (bicyclic) bond motifs is 1. The van der Waals surface area contributed by atoms with E-state index < -0.39 is 6.10 Å². The van der Waals surface area contributed by atoms with Crippen LogP contribution in [-0.2, 0) is 4.74 Å². The first kappa shape index (κ1) is 22.1. The molecule has 0 saturated carbocycles. The van der Waals surface area contributed by atoms with E-state index in [9.17, 15) is 5.11 Å². The molecule has 2 aromatic rings. The summed E-state index contributed by atoms with van der Waals surface area (Å²) in [4.78, 5) is 4.82. The number of ether oxygens (including phenoxy) is 2. The number of hydrogen-bond acceptors (Lipinski definition) is 5. The van der Waals surface area contributed by atoms with Crippen molar-refractivity contribution in [2.75, 3.05) is 52.5 Å². The Labute approximate surface area is 185 Å². The van der Waals surface area contributed by atoms with Crippen molar-refractivity contribution in [2.45, 2.75) is 32.9 Å². The third-order valence-electron chi connectivity index (χ3n) is 5.86. The van der Waals surface area contributed by atoms with Crippen molar-refractivity contribution in [3.63, 3.8) is 0 Å². The van der Waals surface area contributed by atoms with Crippen LogP contribution in [0.25, 0.3) is 10.8 Å². The minimum Gasteiger partial charge on any atom is -0.491 e. The molecular weight excluding hydrogens is 388 g/mol. The molecule has 166 valence electrons. The van der Waals surface area contributed by atoms with Crippen LogP contribution in [0.15, 0.2) is 36.4 Å². The number of β-amino-alcohol motifs (C(OH)–C–C–N with tert-alkyl or cyclic N) is 1. The van der Waals surface area contributed by atoms with E-state index in [0.717, 1.165) is 61.5 Å². The quantitative estimate of drug-likeness (QED) is 0.725. The lowest BCUT2D eigenvalue weighted by Gasteiger charge is -2.42. The Morgan fingerprint density at radius 1 is 1.13 bits per heavy atom. The second-order valence-electron chi connectivity index (χ2n) is 9.68. The van der Waals surface area contributed by atoms with Crippen molar-refractivity contribution in [3.8, 4) is 17.6 Å². The maximum absolute atomic E-state index is 10.6. The van der Waals surface area contributed by atoms with Gasteiger partial charge in [-0.2, -0.15) is 0 Å². The van der Waals surface area contributed by atoms with Gasteiger partial charge in [0.25, 0.3) is 0 Å². The summed E-state index contributed by atoms with van der Waals surface area (Å²) < 4.78 is 11.3. The third-order valence-corrected chi connectivity index (χ3v) is 5.86. The Bertz CT molecular complexity index is 945. The number of aliphatic hydroxyl groups excluding tert-OH is 1. The van der Waals surface area contributed by atoms with Crippen molar-refractivity contribution >= 4 is 10.8 Å². The van der Waals surface area contributed by atoms with E-state index in [1.807, 2.05) is 24.3 Å². The van der Waals surface area contributed by atoms with Gasteiger partial charge >= 0.3 is 0 Å². The molecule has 2 saturated heterocycles. The molecule has 1 atom stereocenters. The van der Waals surface area contributed by atoms with E-state index in [1.54, 1.807) is 0 Å². The van der Waals surface area contributed by atoms with Gasteiger partial charge in [0.1, 0.15) is 18.5 Å². The smallest absolute Gasteiger partial charge is 0.121 e. The molecule has 2 fully saturated rings. The van der Waals surface area contributed by atoms with E-state index in [-0.39, 0.29) is 12.0 Å². The maximum Gasteiger partial charge on any atom is 0.121 e. The van der Waals surface area contributed by atoms with Crippen LogP contribution in [-0.4, -0.2) is 79.6 Å². The van der Waals surface area contributed by atoms with Gasteiger partial charge in [0, 0.05) is 43.7 Å². The van der Waals surface area contributed by atoms with E-state index in [0.29, 0.717) is 12.6 Å². The van der Waals surface area contributed by atoms with Gasteiger partial charge in [0.15, 0.2) is 0 Å². The highest BCUT2D eigenvalue weighted by Crippen LogP contribution is 2.26. The molecule has 5 heteroatoms. The number of nitrogens with zero attached hydrogens (tertiary/aromatic N) is 2. The molecular formula is C26H34N2O3. The third kappa shape index (κ3) is 5.99. The van der Waals surface area contributed by atoms with Crippen LogP contribution in [0.1, 0.15) is 26.3 Å². The molecule has 0 bridgehead atoms. The van der Waals surface area contributed by atoms with E-state index in [1.165, 1.54) is 0 Å². The van der Waals surface area contributed by atoms with Gasteiger partial charge in [0.05, 0.1) is 19.3 Å². The molecule has 1 unspecified atom stereocenters. The first-order chi connectivity index (χ1) is 14.9. The Hall–Kier alpha value is -2.10. The number of aliphatic hydroxyl groups is 1.